The number of carbonyl (C=O) groups is 1. The molecule has 0 amide bonds. The fourth-order valence-corrected chi connectivity index (χ4v) is 3.30. The van der Waals surface area contributed by atoms with Gasteiger partial charge in [-0.3, -0.25) is 4.79 Å². The van der Waals surface area contributed by atoms with Gasteiger partial charge in [0.05, 0.1) is 11.6 Å². The molecule has 168 valence electrons. The van der Waals surface area contributed by atoms with E-state index in [1.54, 1.807) is 24.5 Å². The number of ether oxygens (including phenoxy) is 2. The molecule has 0 bridgehead atoms. The van der Waals surface area contributed by atoms with Crippen LogP contribution >= 0.6 is 0 Å². The van der Waals surface area contributed by atoms with Crippen LogP contribution in [0.25, 0.3) is 0 Å². The van der Waals surface area contributed by atoms with Crippen LogP contribution in [0.4, 0.5) is 0 Å². The van der Waals surface area contributed by atoms with E-state index in [1.165, 1.54) is 0 Å². The van der Waals surface area contributed by atoms with Gasteiger partial charge >= 0.3 is 5.97 Å². The predicted molar refractivity (Wildman–Crippen MR) is 123 cm³/mol. The maximum atomic E-state index is 13.1. The first-order valence-electron chi connectivity index (χ1n) is 10.7. The highest BCUT2D eigenvalue weighted by atomic mass is 16.5. The third-order valence-electron chi connectivity index (χ3n) is 4.89. The predicted octanol–water partition coefficient (Wildman–Crippen LogP) is 5.83. The smallest absolute Gasteiger partial charge is 0.314 e. The van der Waals surface area contributed by atoms with Gasteiger partial charge in [0.1, 0.15) is 18.2 Å². The van der Waals surface area contributed by atoms with Crippen molar-refractivity contribution in [3.8, 4) is 11.6 Å². The summed E-state index contributed by atoms with van der Waals surface area (Å²) in [5.41, 5.74) is 0.827. The number of para-hydroxylation sites is 1. The van der Waals surface area contributed by atoms with Gasteiger partial charge in [0, 0.05) is 29.4 Å². The Kier molecular flexibility index (Phi) is 6.92. The Morgan fingerprint density at radius 3 is 2.16 bits per heavy atom. The molecule has 0 saturated heterocycles. The van der Waals surface area contributed by atoms with Gasteiger partial charge in [-0.25, -0.2) is 15.0 Å². The lowest BCUT2D eigenvalue weighted by atomic mass is 9.77. The van der Waals surface area contributed by atoms with E-state index in [9.17, 15) is 4.79 Å². The zero-order chi connectivity index (χ0) is 23.4. The van der Waals surface area contributed by atoms with Crippen LogP contribution < -0.4 is 4.74 Å². The quantitative estimate of drug-likeness (QED) is 0.455. The number of hydrogen-bond donors (Lipinski definition) is 0. The molecule has 2 heterocycles. The standard InChI is InChI=1S/C26H31N3O3/c1-25(2,3)22(18-15-27-24(28-16-18)26(4,5)6)23(30)31-17-19-11-10-14-21(29-19)32-20-12-8-7-9-13-20/h7-16,22H,17H2,1-6H3. The van der Waals surface area contributed by atoms with Crippen LogP contribution in [0, 0.1) is 5.41 Å². The molecule has 1 aromatic carbocycles. The van der Waals surface area contributed by atoms with Gasteiger partial charge in [0.25, 0.3) is 0 Å². The van der Waals surface area contributed by atoms with Gasteiger partial charge in [-0.05, 0) is 23.6 Å². The maximum absolute atomic E-state index is 13.1. The molecule has 1 unspecified atom stereocenters. The molecule has 0 radical (unpaired) electrons. The van der Waals surface area contributed by atoms with Crippen LogP contribution in [0.5, 0.6) is 11.6 Å². The summed E-state index contributed by atoms with van der Waals surface area (Å²) in [6.45, 7) is 12.2. The van der Waals surface area contributed by atoms with E-state index in [2.05, 4.69) is 35.7 Å². The molecule has 3 aromatic rings. The van der Waals surface area contributed by atoms with E-state index in [4.69, 9.17) is 9.47 Å². The lowest BCUT2D eigenvalue weighted by molar-refractivity contribution is -0.149. The Hall–Kier alpha value is -3.28. The average molecular weight is 434 g/mol. The molecular weight excluding hydrogens is 402 g/mol. The Bertz CT molecular complexity index is 1040. The lowest BCUT2D eigenvalue weighted by Gasteiger charge is -2.29. The zero-order valence-electron chi connectivity index (χ0n) is 19.6. The van der Waals surface area contributed by atoms with Gasteiger partial charge < -0.3 is 9.47 Å². The molecule has 0 saturated carbocycles. The van der Waals surface area contributed by atoms with E-state index in [0.29, 0.717) is 17.3 Å². The number of pyridine rings is 1. The number of hydrogen-bond acceptors (Lipinski definition) is 6. The minimum absolute atomic E-state index is 0.0539. The van der Waals surface area contributed by atoms with Crippen molar-refractivity contribution in [1.82, 2.24) is 15.0 Å². The van der Waals surface area contributed by atoms with Crippen molar-refractivity contribution >= 4 is 5.97 Å². The monoisotopic (exact) mass is 433 g/mol. The summed E-state index contributed by atoms with van der Waals surface area (Å²) in [7, 11) is 0. The Morgan fingerprint density at radius 1 is 0.906 bits per heavy atom. The summed E-state index contributed by atoms with van der Waals surface area (Å²) in [5, 5.41) is 0. The van der Waals surface area contributed by atoms with E-state index in [0.717, 1.165) is 11.4 Å². The first kappa shape index (κ1) is 23.4. The summed E-state index contributed by atoms with van der Waals surface area (Å²) >= 11 is 0. The number of carbonyl (C=O) groups excluding carboxylic acids is 1. The van der Waals surface area contributed by atoms with Crippen LogP contribution in [0.2, 0.25) is 0 Å². The summed E-state index contributed by atoms with van der Waals surface area (Å²) in [6, 6.07) is 14.8. The third kappa shape index (κ3) is 6.13. The van der Waals surface area contributed by atoms with E-state index < -0.39 is 5.92 Å². The zero-order valence-corrected chi connectivity index (χ0v) is 19.6. The summed E-state index contributed by atoms with van der Waals surface area (Å²) in [4.78, 5) is 26.5. The Labute approximate surface area is 190 Å². The average Bonchev–Trinajstić information content (AvgIpc) is 2.72. The first-order valence-corrected chi connectivity index (χ1v) is 10.7. The van der Waals surface area contributed by atoms with Crippen molar-refractivity contribution in [3.05, 3.63) is 78.0 Å². The second-order valence-corrected chi connectivity index (χ2v) is 9.88. The van der Waals surface area contributed by atoms with E-state index in [1.807, 2.05) is 57.2 Å². The molecule has 6 heteroatoms. The molecule has 3 rings (SSSR count). The van der Waals surface area contributed by atoms with Crippen molar-refractivity contribution in [2.75, 3.05) is 0 Å². The van der Waals surface area contributed by atoms with Crippen LogP contribution in [0.1, 0.15) is 64.5 Å². The second-order valence-electron chi connectivity index (χ2n) is 9.88. The van der Waals surface area contributed by atoms with Gasteiger partial charge in [-0.2, -0.15) is 0 Å². The van der Waals surface area contributed by atoms with Crippen LogP contribution in [0.3, 0.4) is 0 Å². The number of rotatable bonds is 6. The number of nitrogens with zero attached hydrogens (tertiary/aromatic N) is 3. The highest BCUT2D eigenvalue weighted by Gasteiger charge is 2.35. The maximum Gasteiger partial charge on any atom is 0.314 e. The molecule has 0 fully saturated rings. The van der Waals surface area contributed by atoms with E-state index in [-0.39, 0.29) is 23.4 Å². The van der Waals surface area contributed by atoms with Crippen molar-refractivity contribution in [2.24, 2.45) is 5.41 Å². The molecule has 32 heavy (non-hydrogen) atoms. The van der Waals surface area contributed by atoms with Crippen molar-refractivity contribution in [2.45, 2.75) is 59.5 Å². The summed E-state index contributed by atoms with van der Waals surface area (Å²) < 4.78 is 11.4. The molecule has 0 aliphatic rings. The SMILES string of the molecule is CC(C)(C)c1ncc(C(C(=O)OCc2cccc(Oc3ccccc3)n2)C(C)(C)C)cn1. The second kappa shape index (κ2) is 9.47. The van der Waals surface area contributed by atoms with Gasteiger partial charge in [0.15, 0.2) is 0 Å². The molecular formula is C26H31N3O3. The molecule has 0 spiro atoms. The van der Waals surface area contributed by atoms with Crippen molar-refractivity contribution < 1.29 is 14.3 Å². The summed E-state index contributed by atoms with van der Waals surface area (Å²) in [6.07, 6.45) is 3.47. The lowest BCUT2D eigenvalue weighted by Crippen LogP contribution is -2.29. The molecule has 0 N–H and O–H groups in total. The highest BCUT2D eigenvalue weighted by molar-refractivity contribution is 5.79. The highest BCUT2D eigenvalue weighted by Crippen LogP contribution is 2.36. The summed E-state index contributed by atoms with van der Waals surface area (Å²) in [5.74, 6) is 1.05. The molecule has 1 atom stereocenters. The Morgan fingerprint density at radius 2 is 1.56 bits per heavy atom. The number of esters is 1. The molecule has 0 aliphatic carbocycles. The largest absolute Gasteiger partial charge is 0.459 e. The topological polar surface area (TPSA) is 74.2 Å². The number of benzene rings is 1. The minimum atomic E-state index is -0.500. The van der Waals surface area contributed by atoms with Gasteiger partial charge in [-0.1, -0.05) is 65.8 Å². The third-order valence-corrected chi connectivity index (χ3v) is 4.89. The Balaban J connectivity index is 1.72. The molecule has 6 nitrogen and oxygen atoms in total. The van der Waals surface area contributed by atoms with Crippen LogP contribution in [0.15, 0.2) is 60.9 Å². The minimum Gasteiger partial charge on any atom is -0.459 e. The fourth-order valence-electron chi connectivity index (χ4n) is 3.30. The van der Waals surface area contributed by atoms with Gasteiger partial charge in [-0.15, -0.1) is 0 Å². The van der Waals surface area contributed by atoms with Crippen molar-refractivity contribution in [1.29, 1.82) is 0 Å². The van der Waals surface area contributed by atoms with Crippen LogP contribution in [-0.4, -0.2) is 20.9 Å². The number of aromatic nitrogens is 3. The normalized spacial score (nSPS) is 12.8. The van der Waals surface area contributed by atoms with Gasteiger partial charge in [0.2, 0.25) is 5.88 Å². The van der Waals surface area contributed by atoms with E-state index >= 15 is 0 Å². The molecule has 0 aliphatic heterocycles. The first-order chi connectivity index (χ1) is 15.0. The van der Waals surface area contributed by atoms with Crippen LogP contribution in [-0.2, 0) is 21.6 Å². The molecule has 2 aromatic heterocycles. The fraction of sp³-hybridized carbons (Fsp3) is 0.385. The van der Waals surface area contributed by atoms with Crippen molar-refractivity contribution in [3.63, 3.8) is 0 Å².